The van der Waals surface area contributed by atoms with Gasteiger partial charge in [-0.05, 0) is 37.1 Å². The van der Waals surface area contributed by atoms with Crippen LogP contribution in [0.15, 0.2) is 24.3 Å². The Morgan fingerprint density at radius 2 is 1.89 bits per heavy atom. The maximum absolute atomic E-state index is 9.80. The summed E-state index contributed by atoms with van der Waals surface area (Å²) < 4.78 is 10.5. The summed E-state index contributed by atoms with van der Waals surface area (Å²) in [5.41, 5.74) is -0.152. The van der Waals surface area contributed by atoms with Gasteiger partial charge in [-0.1, -0.05) is 0 Å². The number of benzene rings is 1. The molecular weight excluding hydrogens is 246 g/mol. The quantitative estimate of drug-likeness (QED) is 0.641. The third-order valence-corrected chi connectivity index (χ3v) is 3.37. The third kappa shape index (κ3) is 4.09. The number of hydrogen-bond acceptors (Lipinski definition) is 5. The maximum atomic E-state index is 9.80. The van der Waals surface area contributed by atoms with Crippen LogP contribution < -0.4 is 14.8 Å². The van der Waals surface area contributed by atoms with Crippen LogP contribution >= 0.6 is 0 Å². The zero-order chi connectivity index (χ0) is 13.7. The van der Waals surface area contributed by atoms with Crippen molar-refractivity contribution in [3.05, 3.63) is 24.3 Å². The van der Waals surface area contributed by atoms with Crippen LogP contribution in [0.3, 0.4) is 0 Å². The number of aliphatic hydroxyl groups is 2. The topological polar surface area (TPSA) is 71.0 Å². The van der Waals surface area contributed by atoms with Gasteiger partial charge in [-0.3, -0.25) is 0 Å². The van der Waals surface area contributed by atoms with E-state index in [0.717, 1.165) is 18.6 Å². The van der Waals surface area contributed by atoms with Gasteiger partial charge in [0.25, 0.3) is 0 Å². The highest BCUT2D eigenvalue weighted by Crippen LogP contribution is 2.34. The van der Waals surface area contributed by atoms with Gasteiger partial charge in [-0.15, -0.1) is 0 Å². The van der Waals surface area contributed by atoms with Gasteiger partial charge in [-0.25, -0.2) is 0 Å². The Morgan fingerprint density at radius 1 is 1.26 bits per heavy atom. The molecule has 3 N–H and O–H groups in total. The van der Waals surface area contributed by atoms with Crippen molar-refractivity contribution in [1.29, 1.82) is 0 Å². The van der Waals surface area contributed by atoms with E-state index in [2.05, 4.69) is 5.32 Å². The van der Waals surface area contributed by atoms with Crippen LogP contribution in [0, 0.1) is 0 Å². The molecule has 0 radical (unpaired) electrons. The van der Waals surface area contributed by atoms with Crippen LogP contribution in [-0.2, 0) is 0 Å². The normalized spacial score (nSPS) is 17.8. The highest BCUT2D eigenvalue weighted by molar-refractivity contribution is 5.31. The standard InChI is InChI=1S/C14H21NO4/c1-18-12-2-4-13(5-3-12)19-9-11(17)8-15-14(10-16)6-7-14/h2-5,11,15-17H,6-10H2,1H3. The zero-order valence-electron chi connectivity index (χ0n) is 11.1. The van der Waals surface area contributed by atoms with E-state index in [9.17, 15) is 5.11 Å². The Kier molecular flexibility index (Phi) is 4.63. The van der Waals surface area contributed by atoms with Gasteiger partial charge in [0, 0.05) is 12.1 Å². The molecule has 1 fully saturated rings. The second-order valence-electron chi connectivity index (χ2n) is 4.96. The molecule has 0 aliphatic heterocycles. The van der Waals surface area contributed by atoms with E-state index in [1.807, 2.05) is 12.1 Å². The van der Waals surface area contributed by atoms with Crippen LogP contribution in [0.4, 0.5) is 0 Å². The number of nitrogens with one attached hydrogen (secondary N) is 1. The van der Waals surface area contributed by atoms with Crippen molar-refractivity contribution in [1.82, 2.24) is 5.32 Å². The molecule has 19 heavy (non-hydrogen) atoms. The zero-order valence-corrected chi connectivity index (χ0v) is 11.1. The van der Waals surface area contributed by atoms with Crippen molar-refractivity contribution in [3.63, 3.8) is 0 Å². The first kappa shape index (κ1) is 14.1. The molecule has 1 aliphatic rings. The van der Waals surface area contributed by atoms with Crippen molar-refractivity contribution < 1.29 is 19.7 Å². The van der Waals surface area contributed by atoms with Crippen molar-refractivity contribution in [2.24, 2.45) is 0 Å². The first-order valence-corrected chi connectivity index (χ1v) is 6.48. The molecule has 0 heterocycles. The van der Waals surface area contributed by atoms with Crippen molar-refractivity contribution >= 4 is 0 Å². The fourth-order valence-corrected chi connectivity index (χ4v) is 1.80. The second kappa shape index (κ2) is 6.23. The minimum Gasteiger partial charge on any atom is -0.497 e. The summed E-state index contributed by atoms with van der Waals surface area (Å²) in [7, 11) is 1.61. The summed E-state index contributed by atoms with van der Waals surface area (Å²) in [5.74, 6) is 1.47. The Bertz CT molecular complexity index is 389. The molecule has 1 unspecified atom stereocenters. The molecular formula is C14H21NO4. The fourth-order valence-electron chi connectivity index (χ4n) is 1.80. The molecule has 0 spiro atoms. The molecule has 106 valence electrons. The number of β-amino-alcohol motifs (C(OH)–C–C–N with tert-alkyl or cyclic N) is 1. The molecule has 0 aromatic heterocycles. The van der Waals surface area contributed by atoms with Gasteiger partial charge in [0.05, 0.1) is 13.7 Å². The third-order valence-electron chi connectivity index (χ3n) is 3.37. The SMILES string of the molecule is COc1ccc(OCC(O)CNC2(CO)CC2)cc1. The van der Waals surface area contributed by atoms with Crippen LogP contribution in [0.25, 0.3) is 0 Å². The summed E-state index contributed by atoms with van der Waals surface area (Å²) in [6.45, 7) is 0.774. The average Bonchev–Trinajstić information content (AvgIpc) is 3.24. The lowest BCUT2D eigenvalue weighted by Crippen LogP contribution is -2.41. The van der Waals surface area contributed by atoms with Crippen LogP contribution in [0.5, 0.6) is 11.5 Å². The lowest BCUT2D eigenvalue weighted by atomic mass is 10.2. The van der Waals surface area contributed by atoms with Crippen LogP contribution in [0.1, 0.15) is 12.8 Å². The fraction of sp³-hybridized carbons (Fsp3) is 0.571. The number of hydrogen-bond donors (Lipinski definition) is 3. The summed E-state index contributed by atoms with van der Waals surface area (Å²) in [4.78, 5) is 0. The number of aliphatic hydroxyl groups excluding tert-OH is 2. The van der Waals surface area contributed by atoms with E-state index < -0.39 is 6.10 Å². The lowest BCUT2D eigenvalue weighted by molar-refractivity contribution is 0.0978. The van der Waals surface area contributed by atoms with Crippen molar-refractivity contribution in [2.45, 2.75) is 24.5 Å². The Labute approximate surface area is 113 Å². The number of methoxy groups -OCH3 is 1. The molecule has 0 bridgehead atoms. The second-order valence-corrected chi connectivity index (χ2v) is 4.96. The summed E-state index contributed by atoms with van der Waals surface area (Å²) >= 11 is 0. The van der Waals surface area contributed by atoms with Crippen molar-refractivity contribution in [2.75, 3.05) is 26.9 Å². The first-order chi connectivity index (χ1) is 9.17. The van der Waals surface area contributed by atoms with E-state index in [4.69, 9.17) is 14.6 Å². The molecule has 1 atom stereocenters. The first-order valence-electron chi connectivity index (χ1n) is 6.48. The smallest absolute Gasteiger partial charge is 0.119 e. The summed E-state index contributed by atoms with van der Waals surface area (Å²) in [6, 6.07) is 7.22. The van der Waals surface area contributed by atoms with E-state index in [-0.39, 0.29) is 18.8 Å². The van der Waals surface area contributed by atoms with Gasteiger partial charge in [0.15, 0.2) is 0 Å². The highest BCUT2D eigenvalue weighted by atomic mass is 16.5. The van der Waals surface area contributed by atoms with Gasteiger partial charge < -0.3 is 25.0 Å². The molecule has 1 aromatic carbocycles. The maximum Gasteiger partial charge on any atom is 0.119 e. The van der Waals surface area contributed by atoms with Crippen LogP contribution in [-0.4, -0.2) is 48.7 Å². The van der Waals surface area contributed by atoms with Gasteiger partial charge in [-0.2, -0.15) is 0 Å². The molecule has 0 saturated heterocycles. The predicted octanol–water partition coefficient (Wildman–Crippen LogP) is 0.549. The largest absolute Gasteiger partial charge is 0.497 e. The molecule has 2 rings (SSSR count). The highest BCUT2D eigenvalue weighted by Gasteiger charge is 2.41. The van der Waals surface area contributed by atoms with E-state index in [0.29, 0.717) is 12.3 Å². The summed E-state index contributed by atoms with van der Waals surface area (Å²) in [6.07, 6.45) is 1.34. The molecule has 1 aliphatic carbocycles. The van der Waals surface area contributed by atoms with E-state index in [1.165, 1.54) is 0 Å². The van der Waals surface area contributed by atoms with Crippen molar-refractivity contribution in [3.8, 4) is 11.5 Å². The van der Waals surface area contributed by atoms with Gasteiger partial charge >= 0.3 is 0 Å². The Balaban J connectivity index is 1.69. The molecule has 1 saturated carbocycles. The van der Waals surface area contributed by atoms with E-state index >= 15 is 0 Å². The Morgan fingerprint density at radius 3 is 2.42 bits per heavy atom. The lowest BCUT2D eigenvalue weighted by Gasteiger charge is -2.18. The minimum absolute atomic E-state index is 0.124. The monoisotopic (exact) mass is 267 g/mol. The minimum atomic E-state index is -0.592. The molecule has 0 amide bonds. The Hall–Kier alpha value is -1.30. The molecule has 5 heteroatoms. The van der Waals surface area contributed by atoms with Gasteiger partial charge in [0.1, 0.15) is 24.2 Å². The molecule has 5 nitrogen and oxygen atoms in total. The summed E-state index contributed by atoms with van der Waals surface area (Å²) in [5, 5.41) is 22.1. The van der Waals surface area contributed by atoms with Crippen LogP contribution in [0.2, 0.25) is 0 Å². The molecule has 1 aromatic rings. The van der Waals surface area contributed by atoms with Gasteiger partial charge in [0.2, 0.25) is 0 Å². The number of rotatable bonds is 8. The van der Waals surface area contributed by atoms with E-state index in [1.54, 1.807) is 19.2 Å². The number of ether oxygens (including phenoxy) is 2. The predicted molar refractivity (Wildman–Crippen MR) is 71.5 cm³/mol. The average molecular weight is 267 g/mol.